The summed E-state index contributed by atoms with van der Waals surface area (Å²) in [7, 11) is 0. The van der Waals surface area contributed by atoms with Crippen molar-refractivity contribution in [3.8, 4) is 0 Å². The number of para-hydroxylation sites is 1. The number of benzene rings is 2. The lowest BCUT2D eigenvalue weighted by Gasteiger charge is -2.21. The van der Waals surface area contributed by atoms with Gasteiger partial charge in [-0.15, -0.1) is 11.8 Å². The summed E-state index contributed by atoms with van der Waals surface area (Å²) in [4.78, 5) is 15.7. The molecule has 1 N–H and O–H groups in total. The highest BCUT2D eigenvalue weighted by atomic mass is 32.2. The molecule has 22 heavy (non-hydrogen) atoms. The van der Waals surface area contributed by atoms with E-state index in [1.54, 1.807) is 11.8 Å². The average molecular weight is 314 g/mol. The van der Waals surface area contributed by atoms with Crippen molar-refractivity contribution < 1.29 is 4.79 Å². The van der Waals surface area contributed by atoms with Crippen LogP contribution in [0.4, 0.5) is 11.4 Å². The first-order valence-electron chi connectivity index (χ1n) is 7.49. The molecule has 1 amide bonds. The van der Waals surface area contributed by atoms with E-state index in [9.17, 15) is 4.79 Å². The lowest BCUT2D eigenvalue weighted by Crippen LogP contribution is -2.21. The number of anilines is 2. The quantitative estimate of drug-likeness (QED) is 0.796. The first-order chi connectivity index (χ1) is 10.7. The molecule has 0 aliphatic heterocycles. The van der Waals surface area contributed by atoms with Crippen LogP contribution in [-0.2, 0) is 0 Å². The molecule has 2 rings (SSSR count). The normalized spacial score (nSPS) is 10.3. The Morgan fingerprint density at radius 3 is 2.27 bits per heavy atom. The van der Waals surface area contributed by atoms with Gasteiger partial charge in [-0.25, -0.2) is 0 Å². The van der Waals surface area contributed by atoms with Gasteiger partial charge in [-0.3, -0.25) is 4.79 Å². The van der Waals surface area contributed by atoms with E-state index in [4.69, 9.17) is 0 Å². The highest BCUT2D eigenvalue weighted by molar-refractivity contribution is 7.98. The second-order valence-electron chi connectivity index (χ2n) is 4.87. The Labute approximate surface area is 136 Å². The first kappa shape index (κ1) is 16.4. The zero-order valence-corrected chi connectivity index (χ0v) is 14.1. The van der Waals surface area contributed by atoms with Gasteiger partial charge in [-0.05, 0) is 56.5 Å². The summed E-state index contributed by atoms with van der Waals surface area (Å²) in [6.07, 6.45) is 2.00. The van der Waals surface area contributed by atoms with Gasteiger partial charge in [0.15, 0.2) is 0 Å². The number of amides is 1. The van der Waals surface area contributed by atoms with Crippen LogP contribution in [0.1, 0.15) is 24.2 Å². The second-order valence-corrected chi connectivity index (χ2v) is 5.72. The number of thioether (sulfide) groups is 1. The van der Waals surface area contributed by atoms with E-state index in [1.807, 2.05) is 54.8 Å². The van der Waals surface area contributed by atoms with Gasteiger partial charge in [-0.2, -0.15) is 0 Å². The maximum Gasteiger partial charge on any atom is 0.255 e. The van der Waals surface area contributed by atoms with E-state index in [0.717, 1.165) is 29.4 Å². The zero-order valence-electron chi connectivity index (χ0n) is 13.3. The van der Waals surface area contributed by atoms with Crippen molar-refractivity contribution in [2.75, 3.05) is 29.6 Å². The van der Waals surface area contributed by atoms with Gasteiger partial charge in [0.2, 0.25) is 0 Å². The van der Waals surface area contributed by atoms with Crippen molar-refractivity contribution in [1.29, 1.82) is 0 Å². The van der Waals surface area contributed by atoms with Crippen LogP contribution in [0.15, 0.2) is 53.4 Å². The molecule has 0 aliphatic rings. The lowest BCUT2D eigenvalue weighted by atomic mass is 10.1. The molecule has 2 aromatic carbocycles. The van der Waals surface area contributed by atoms with Crippen LogP contribution in [0, 0.1) is 0 Å². The van der Waals surface area contributed by atoms with Crippen molar-refractivity contribution in [1.82, 2.24) is 0 Å². The third-order valence-electron chi connectivity index (χ3n) is 3.61. The number of rotatable bonds is 6. The lowest BCUT2D eigenvalue weighted by molar-refractivity contribution is 0.102. The van der Waals surface area contributed by atoms with Gasteiger partial charge in [0, 0.05) is 29.2 Å². The molecule has 0 aromatic heterocycles. The molecule has 0 fully saturated rings. The Kier molecular flexibility index (Phi) is 5.90. The maximum absolute atomic E-state index is 12.4. The average Bonchev–Trinajstić information content (AvgIpc) is 2.57. The fraction of sp³-hybridized carbons (Fsp3) is 0.278. The summed E-state index contributed by atoms with van der Waals surface area (Å²) < 4.78 is 0. The Morgan fingerprint density at radius 2 is 1.68 bits per heavy atom. The molecule has 0 saturated heterocycles. The molecule has 116 valence electrons. The first-order valence-corrected chi connectivity index (χ1v) is 8.71. The molecule has 0 bridgehead atoms. The van der Waals surface area contributed by atoms with Crippen LogP contribution in [0.3, 0.4) is 0 Å². The number of nitrogens with zero attached hydrogens (tertiary/aromatic N) is 1. The topological polar surface area (TPSA) is 32.3 Å². The van der Waals surface area contributed by atoms with Crippen LogP contribution in [0.25, 0.3) is 0 Å². The van der Waals surface area contributed by atoms with E-state index >= 15 is 0 Å². The SMILES string of the molecule is CCN(CC)c1ccc(C(=O)Nc2ccccc2SC)cc1. The number of hydrogen-bond acceptors (Lipinski definition) is 3. The largest absolute Gasteiger partial charge is 0.372 e. The standard InChI is InChI=1S/C18H22N2OS/c1-4-20(5-2)15-12-10-14(11-13-15)18(21)19-16-8-6-7-9-17(16)22-3/h6-13H,4-5H2,1-3H3,(H,19,21). The Morgan fingerprint density at radius 1 is 1.05 bits per heavy atom. The number of hydrogen-bond donors (Lipinski definition) is 1. The van der Waals surface area contributed by atoms with Crippen molar-refractivity contribution in [3.05, 3.63) is 54.1 Å². The Hall–Kier alpha value is -1.94. The summed E-state index contributed by atoms with van der Waals surface area (Å²) in [6, 6.07) is 15.6. The molecule has 4 heteroatoms. The van der Waals surface area contributed by atoms with Gasteiger partial charge in [-0.1, -0.05) is 12.1 Å². The van der Waals surface area contributed by atoms with Gasteiger partial charge < -0.3 is 10.2 Å². The molecule has 0 radical (unpaired) electrons. The Bertz CT molecular complexity index is 621. The fourth-order valence-corrected chi connectivity index (χ4v) is 2.91. The van der Waals surface area contributed by atoms with Crippen molar-refractivity contribution in [2.24, 2.45) is 0 Å². The Balaban J connectivity index is 2.13. The predicted octanol–water partition coefficient (Wildman–Crippen LogP) is 4.51. The van der Waals surface area contributed by atoms with Crippen LogP contribution >= 0.6 is 11.8 Å². The van der Waals surface area contributed by atoms with Crippen LogP contribution in [0.5, 0.6) is 0 Å². The molecule has 0 aliphatic carbocycles. The minimum Gasteiger partial charge on any atom is -0.372 e. The molecule has 0 saturated carbocycles. The molecular formula is C18H22N2OS. The predicted molar refractivity (Wildman–Crippen MR) is 96.2 cm³/mol. The molecule has 0 atom stereocenters. The third kappa shape index (κ3) is 3.83. The summed E-state index contributed by atoms with van der Waals surface area (Å²) in [6.45, 7) is 6.18. The summed E-state index contributed by atoms with van der Waals surface area (Å²) >= 11 is 1.62. The third-order valence-corrected chi connectivity index (χ3v) is 4.41. The van der Waals surface area contributed by atoms with Gasteiger partial charge in [0.25, 0.3) is 5.91 Å². The van der Waals surface area contributed by atoms with E-state index < -0.39 is 0 Å². The van der Waals surface area contributed by atoms with E-state index in [-0.39, 0.29) is 5.91 Å². The smallest absolute Gasteiger partial charge is 0.255 e. The summed E-state index contributed by atoms with van der Waals surface area (Å²) in [5, 5.41) is 2.98. The number of carbonyl (C=O) groups is 1. The van der Waals surface area contributed by atoms with E-state index in [0.29, 0.717) is 5.56 Å². The molecule has 0 spiro atoms. The maximum atomic E-state index is 12.4. The number of carbonyl (C=O) groups excluding carboxylic acids is 1. The van der Waals surface area contributed by atoms with Crippen molar-refractivity contribution in [2.45, 2.75) is 18.7 Å². The van der Waals surface area contributed by atoms with Crippen LogP contribution < -0.4 is 10.2 Å². The monoisotopic (exact) mass is 314 g/mol. The highest BCUT2D eigenvalue weighted by Crippen LogP contribution is 2.25. The van der Waals surface area contributed by atoms with Crippen molar-refractivity contribution in [3.63, 3.8) is 0 Å². The van der Waals surface area contributed by atoms with E-state index in [1.165, 1.54) is 0 Å². The zero-order chi connectivity index (χ0) is 15.9. The number of nitrogens with one attached hydrogen (secondary N) is 1. The summed E-state index contributed by atoms with van der Waals surface area (Å²) in [5.74, 6) is -0.0763. The minimum absolute atomic E-state index is 0.0763. The van der Waals surface area contributed by atoms with Crippen LogP contribution in [0.2, 0.25) is 0 Å². The van der Waals surface area contributed by atoms with Gasteiger partial charge in [0.05, 0.1) is 5.69 Å². The summed E-state index contributed by atoms with van der Waals surface area (Å²) in [5.41, 5.74) is 2.67. The van der Waals surface area contributed by atoms with Crippen LogP contribution in [-0.4, -0.2) is 25.3 Å². The second kappa shape index (κ2) is 7.90. The molecule has 0 heterocycles. The molecule has 2 aromatic rings. The van der Waals surface area contributed by atoms with Gasteiger partial charge >= 0.3 is 0 Å². The highest BCUT2D eigenvalue weighted by Gasteiger charge is 2.09. The fourth-order valence-electron chi connectivity index (χ4n) is 2.35. The molecule has 3 nitrogen and oxygen atoms in total. The minimum atomic E-state index is -0.0763. The van der Waals surface area contributed by atoms with Gasteiger partial charge in [0.1, 0.15) is 0 Å². The van der Waals surface area contributed by atoms with E-state index in [2.05, 4.69) is 24.1 Å². The van der Waals surface area contributed by atoms with Crippen molar-refractivity contribution >= 4 is 29.0 Å². The molecule has 0 unspecified atom stereocenters. The molecular weight excluding hydrogens is 292 g/mol.